The number of allylic oxidation sites excluding steroid dienone is 2. The van der Waals surface area contributed by atoms with Crippen LogP contribution in [-0.2, 0) is 19.1 Å². The highest BCUT2D eigenvalue weighted by Crippen LogP contribution is 2.40. The van der Waals surface area contributed by atoms with Gasteiger partial charge in [-0.3, -0.25) is 14.4 Å². The summed E-state index contributed by atoms with van der Waals surface area (Å²) in [5, 5.41) is 5.66. The van der Waals surface area contributed by atoms with Crippen LogP contribution in [0, 0.1) is 17.8 Å². The van der Waals surface area contributed by atoms with Gasteiger partial charge >= 0.3 is 5.97 Å². The molecule has 0 aliphatic heterocycles. The molecule has 0 spiro atoms. The topological polar surface area (TPSA) is 84.5 Å². The molecular formula is C23H38N2O4. The van der Waals surface area contributed by atoms with E-state index in [9.17, 15) is 14.4 Å². The molecule has 2 N–H and O–H groups in total. The Hall–Kier alpha value is -1.85. The van der Waals surface area contributed by atoms with Crippen molar-refractivity contribution in [1.29, 1.82) is 0 Å². The number of hydrogen-bond acceptors (Lipinski definition) is 4. The lowest BCUT2D eigenvalue weighted by molar-refractivity contribution is -0.140. The molecule has 0 aromatic rings. The summed E-state index contributed by atoms with van der Waals surface area (Å²) in [7, 11) is 1.40. The van der Waals surface area contributed by atoms with E-state index in [0.717, 1.165) is 31.6 Å². The summed E-state index contributed by atoms with van der Waals surface area (Å²) >= 11 is 0. The number of rotatable bonds is 13. The van der Waals surface area contributed by atoms with Crippen LogP contribution >= 0.6 is 0 Å². The molecule has 0 bridgehead atoms. The van der Waals surface area contributed by atoms with Gasteiger partial charge in [0.25, 0.3) is 0 Å². The van der Waals surface area contributed by atoms with Crippen LogP contribution in [0.4, 0.5) is 0 Å². The molecule has 6 nitrogen and oxygen atoms in total. The first-order chi connectivity index (χ1) is 14.1. The van der Waals surface area contributed by atoms with E-state index in [4.69, 9.17) is 0 Å². The lowest BCUT2D eigenvalue weighted by Crippen LogP contribution is -2.37. The van der Waals surface area contributed by atoms with E-state index in [1.165, 1.54) is 39.2 Å². The molecule has 0 aromatic carbocycles. The van der Waals surface area contributed by atoms with Crippen LogP contribution in [0.15, 0.2) is 12.2 Å². The smallest absolute Gasteiger partial charge is 0.305 e. The van der Waals surface area contributed by atoms with Crippen molar-refractivity contribution in [3.8, 4) is 0 Å². The third-order valence-electron chi connectivity index (χ3n) is 6.17. The van der Waals surface area contributed by atoms with Crippen molar-refractivity contribution in [3.05, 3.63) is 12.2 Å². The van der Waals surface area contributed by atoms with E-state index < -0.39 is 0 Å². The Morgan fingerprint density at radius 3 is 2.52 bits per heavy atom. The lowest BCUT2D eigenvalue weighted by atomic mass is 9.86. The summed E-state index contributed by atoms with van der Waals surface area (Å²) in [6.45, 7) is 0.754. The fourth-order valence-corrected chi connectivity index (χ4v) is 4.14. The van der Waals surface area contributed by atoms with Crippen LogP contribution in [0.3, 0.4) is 0 Å². The monoisotopic (exact) mass is 406 g/mol. The third kappa shape index (κ3) is 10.5. The maximum Gasteiger partial charge on any atom is 0.305 e. The van der Waals surface area contributed by atoms with Crippen LogP contribution in [0.2, 0.25) is 0 Å². The molecule has 0 saturated heterocycles. The van der Waals surface area contributed by atoms with E-state index in [1.54, 1.807) is 0 Å². The molecule has 0 aromatic heterocycles. The number of amides is 2. The minimum atomic E-state index is -0.182. The van der Waals surface area contributed by atoms with E-state index in [-0.39, 0.29) is 24.3 Å². The second kappa shape index (κ2) is 13.4. The predicted octanol–water partition coefficient (Wildman–Crippen LogP) is 3.51. The van der Waals surface area contributed by atoms with E-state index in [1.807, 2.05) is 6.08 Å². The third-order valence-corrected chi connectivity index (χ3v) is 6.17. The van der Waals surface area contributed by atoms with Crippen LogP contribution in [0.25, 0.3) is 0 Å². The van der Waals surface area contributed by atoms with Crippen molar-refractivity contribution < 1.29 is 19.1 Å². The van der Waals surface area contributed by atoms with E-state index >= 15 is 0 Å². The Balaban J connectivity index is 1.43. The van der Waals surface area contributed by atoms with Gasteiger partial charge in [0, 0.05) is 19.4 Å². The van der Waals surface area contributed by atoms with Crippen molar-refractivity contribution in [3.63, 3.8) is 0 Å². The van der Waals surface area contributed by atoms with Gasteiger partial charge in [0.05, 0.1) is 13.7 Å². The fourth-order valence-electron chi connectivity index (χ4n) is 4.14. The average molecular weight is 407 g/mol. The second-order valence-corrected chi connectivity index (χ2v) is 8.55. The molecule has 2 rings (SSSR count). The molecule has 2 atom stereocenters. The SMILES string of the molecule is COC(=O)CC/C=C\CC1CC1CNC(=O)CNC(=O)CCCC1CCCCC1. The maximum atomic E-state index is 11.9. The summed E-state index contributed by atoms with van der Waals surface area (Å²) in [4.78, 5) is 34.8. The maximum absolute atomic E-state index is 11.9. The fraction of sp³-hybridized carbons (Fsp3) is 0.783. The van der Waals surface area contributed by atoms with Crippen LogP contribution in [0.1, 0.15) is 77.0 Å². The van der Waals surface area contributed by atoms with Crippen LogP contribution in [-0.4, -0.2) is 38.0 Å². The summed E-state index contributed by atoms with van der Waals surface area (Å²) in [6, 6.07) is 0. The van der Waals surface area contributed by atoms with Gasteiger partial charge in [-0.15, -0.1) is 0 Å². The number of nitrogens with one attached hydrogen (secondary N) is 2. The number of carbonyl (C=O) groups excluding carboxylic acids is 3. The highest BCUT2D eigenvalue weighted by Gasteiger charge is 2.35. The van der Waals surface area contributed by atoms with Crippen molar-refractivity contribution in [2.45, 2.75) is 77.0 Å². The standard InChI is InChI=1S/C23H38N2O4/c1-29-23(28)14-7-3-6-12-19-15-20(19)16-24-22(27)17-25-21(26)13-8-11-18-9-4-2-5-10-18/h3,6,18-20H,2,4-5,7-17H2,1H3,(H,24,27)(H,25,26)/b6-3-. The summed E-state index contributed by atoms with van der Waals surface area (Å²) in [5.74, 6) is 1.63. The Morgan fingerprint density at radius 2 is 1.76 bits per heavy atom. The molecule has 2 unspecified atom stereocenters. The first kappa shape index (κ1) is 23.4. The highest BCUT2D eigenvalue weighted by molar-refractivity contribution is 5.84. The van der Waals surface area contributed by atoms with Crippen LogP contribution in [0.5, 0.6) is 0 Å². The van der Waals surface area contributed by atoms with Gasteiger partial charge in [0.1, 0.15) is 0 Å². The second-order valence-electron chi connectivity index (χ2n) is 8.55. The van der Waals surface area contributed by atoms with Crippen molar-refractivity contribution in [2.24, 2.45) is 17.8 Å². The number of carbonyl (C=O) groups is 3. The van der Waals surface area contributed by atoms with E-state index in [2.05, 4.69) is 21.4 Å². The van der Waals surface area contributed by atoms with Gasteiger partial charge in [-0.2, -0.15) is 0 Å². The zero-order chi connectivity index (χ0) is 20.9. The normalized spacial score (nSPS) is 21.7. The molecule has 2 aliphatic carbocycles. The number of ether oxygens (including phenoxy) is 1. The number of methoxy groups -OCH3 is 1. The first-order valence-corrected chi connectivity index (χ1v) is 11.3. The summed E-state index contributed by atoms with van der Waals surface area (Å²) in [6.07, 6.45) is 16.6. The van der Waals surface area contributed by atoms with Crippen molar-refractivity contribution >= 4 is 17.8 Å². The molecule has 0 heterocycles. The average Bonchev–Trinajstić information content (AvgIpc) is 3.49. The van der Waals surface area contributed by atoms with Gasteiger partial charge in [-0.05, 0) is 49.9 Å². The van der Waals surface area contributed by atoms with E-state index in [0.29, 0.717) is 37.6 Å². The van der Waals surface area contributed by atoms with Gasteiger partial charge in [-0.25, -0.2) is 0 Å². The lowest BCUT2D eigenvalue weighted by Gasteiger charge is -2.21. The molecule has 2 saturated carbocycles. The Kier molecular flexibility index (Phi) is 10.8. The minimum Gasteiger partial charge on any atom is -0.469 e. The molecular weight excluding hydrogens is 368 g/mol. The predicted molar refractivity (Wildman–Crippen MR) is 113 cm³/mol. The van der Waals surface area contributed by atoms with Crippen molar-refractivity contribution in [2.75, 3.05) is 20.2 Å². The van der Waals surface area contributed by atoms with Gasteiger partial charge < -0.3 is 15.4 Å². The minimum absolute atomic E-state index is 0.0163. The zero-order valence-corrected chi connectivity index (χ0v) is 17.9. The Bertz CT molecular complexity index is 555. The van der Waals surface area contributed by atoms with Gasteiger partial charge in [0.2, 0.25) is 11.8 Å². The summed E-state index contributed by atoms with van der Waals surface area (Å²) < 4.78 is 4.60. The Morgan fingerprint density at radius 1 is 0.966 bits per heavy atom. The quantitative estimate of drug-likeness (QED) is 0.362. The summed E-state index contributed by atoms with van der Waals surface area (Å²) in [5.41, 5.74) is 0. The highest BCUT2D eigenvalue weighted by atomic mass is 16.5. The first-order valence-electron chi connectivity index (χ1n) is 11.3. The largest absolute Gasteiger partial charge is 0.469 e. The number of esters is 1. The van der Waals surface area contributed by atoms with Crippen LogP contribution < -0.4 is 10.6 Å². The zero-order valence-electron chi connectivity index (χ0n) is 17.9. The molecule has 0 radical (unpaired) electrons. The molecule has 2 aliphatic rings. The van der Waals surface area contributed by atoms with Gasteiger partial charge in [0.15, 0.2) is 0 Å². The molecule has 164 valence electrons. The molecule has 2 fully saturated rings. The Labute approximate surface area is 175 Å². The van der Waals surface area contributed by atoms with Gasteiger partial charge in [-0.1, -0.05) is 44.3 Å². The molecule has 6 heteroatoms. The molecule has 29 heavy (non-hydrogen) atoms. The van der Waals surface area contributed by atoms with Crippen molar-refractivity contribution in [1.82, 2.24) is 10.6 Å². The molecule has 2 amide bonds. The number of hydrogen-bond donors (Lipinski definition) is 2.